The zero-order valence-corrected chi connectivity index (χ0v) is 10.7. The van der Waals surface area contributed by atoms with Gasteiger partial charge in [-0.3, -0.25) is 4.98 Å². The largest absolute Gasteiger partial charge is 0.435 e. The quantitative estimate of drug-likeness (QED) is 0.358. The van der Waals surface area contributed by atoms with E-state index in [4.69, 9.17) is 4.74 Å². The van der Waals surface area contributed by atoms with E-state index in [2.05, 4.69) is 46.1 Å². The van der Waals surface area contributed by atoms with Crippen LogP contribution in [-0.4, -0.2) is 4.98 Å². The number of nitrogens with zero attached hydrogens (tertiary/aromatic N) is 2. The van der Waals surface area contributed by atoms with Crippen LogP contribution in [0.15, 0.2) is 55.0 Å². The predicted octanol–water partition coefficient (Wildman–Crippen LogP) is 3.18. The molecule has 3 nitrogen and oxygen atoms in total. The maximum Gasteiger partial charge on any atom is 0.292 e. The van der Waals surface area contributed by atoms with Crippen molar-refractivity contribution >= 4 is 32.4 Å². The third-order valence-electron chi connectivity index (χ3n) is 4.09. The van der Waals surface area contributed by atoms with Crippen molar-refractivity contribution in [1.82, 2.24) is 4.98 Å². The van der Waals surface area contributed by atoms with Gasteiger partial charge in [0.1, 0.15) is 5.75 Å². The third kappa shape index (κ3) is 1.11. The van der Waals surface area contributed by atoms with E-state index >= 15 is 0 Å². The topological polar surface area (TPSA) is 26.0 Å². The Balaban J connectivity index is 2.26. The van der Waals surface area contributed by atoms with E-state index in [-0.39, 0.29) is 0 Å². The zero-order valence-electron chi connectivity index (χ0n) is 10.7. The van der Waals surface area contributed by atoms with Crippen molar-refractivity contribution in [3.05, 3.63) is 55.0 Å². The number of hydrogen-bond acceptors (Lipinski definition) is 2. The van der Waals surface area contributed by atoms with Gasteiger partial charge in [-0.1, -0.05) is 12.1 Å². The van der Waals surface area contributed by atoms with Gasteiger partial charge in [-0.15, -0.1) is 0 Å². The molecule has 0 saturated carbocycles. The van der Waals surface area contributed by atoms with Crippen LogP contribution in [0.1, 0.15) is 0 Å². The van der Waals surface area contributed by atoms with Gasteiger partial charge in [0, 0.05) is 29.2 Å². The molecule has 0 fully saturated rings. The average molecular weight is 259 g/mol. The number of aromatic nitrogens is 2. The molecule has 1 aliphatic rings. The average Bonchev–Trinajstić information content (AvgIpc) is 2.53. The van der Waals surface area contributed by atoms with Gasteiger partial charge >= 0.3 is 0 Å². The van der Waals surface area contributed by atoms with Crippen LogP contribution in [0.25, 0.3) is 32.4 Å². The van der Waals surface area contributed by atoms with Crippen molar-refractivity contribution in [2.24, 2.45) is 0 Å². The summed E-state index contributed by atoms with van der Waals surface area (Å²) in [5.41, 5.74) is 1.24. The van der Waals surface area contributed by atoms with E-state index < -0.39 is 0 Å². The number of fused-ring (bicyclic) bond motifs is 3. The van der Waals surface area contributed by atoms with Crippen LogP contribution >= 0.6 is 0 Å². The Morgan fingerprint density at radius 1 is 0.950 bits per heavy atom. The van der Waals surface area contributed by atoms with E-state index in [9.17, 15) is 0 Å². The van der Waals surface area contributed by atoms with Gasteiger partial charge in [0.15, 0.2) is 6.20 Å². The molecule has 0 atom stereocenters. The summed E-state index contributed by atoms with van der Waals surface area (Å²) in [6.07, 6.45) is 5.88. The fourth-order valence-electron chi connectivity index (χ4n) is 3.26. The van der Waals surface area contributed by atoms with E-state index in [1.54, 1.807) is 0 Å². The van der Waals surface area contributed by atoms with Crippen molar-refractivity contribution in [2.75, 3.05) is 0 Å². The minimum atomic E-state index is 0.565. The van der Waals surface area contributed by atoms with Gasteiger partial charge in [0.25, 0.3) is 6.73 Å². The van der Waals surface area contributed by atoms with Crippen molar-refractivity contribution in [3.8, 4) is 5.75 Å². The first kappa shape index (κ1) is 10.1. The lowest BCUT2D eigenvalue weighted by Crippen LogP contribution is -2.39. The second-order valence-corrected chi connectivity index (χ2v) is 5.11. The summed E-state index contributed by atoms with van der Waals surface area (Å²) in [4.78, 5) is 4.30. The molecular formula is C17H11N2O+. The predicted molar refractivity (Wildman–Crippen MR) is 77.6 cm³/mol. The molecule has 3 heteroatoms. The standard InChI is InChI=1S/C17H11N2O/c1-3-12-11-6-7-18-9-14(11)13-4-2-8-19-10-20-15(5-1)16(12)17(13)19/h1-9H,10H2/q+1. The van der Waals surface area contributed by atoms with Gasteiger partial charge in [0.05, 0.1) is 10.8 Å². The maximum atomic E-state index is 5.88. The van der Waals surface area contributed by atoms with Gasteiger partial charge < -0.3 is 4.74 Å². The molecular weight excluding hydrogens is 248 g/mol. The molecule has 94 valence electrons. The molecule has 0 aliphatic carbocycles. The SMILES string of the molecule is c1cc2c3c(c1)c1ccncc1c1ccc[n+](c13)CO2. The smallest absolute Gasteiger partial charge is 0.292 e. The zero-order chi connectivity index (χ0) is 13.1. The van der Waals surface area contributed by atoms with Gasteiger partial charge in [-0.05, 0) is 23.6 Å². The molecule has 0 unspecified atom stereocenters. The number of ether oxygens (including phenoxy) is 1. The lowest BCUT2D eigenvalue weighted by atomic mass is 9.97. The van der Waals surface area contributed by atoms with Crippen LogP contribution < -0.4 is 9.30 Å². The molecule has 2 aromatic carbocycles. The molecule has 20 heavy (non-hydrogen) atoms. The van der Waals surface area contributed by atoms with Gasteiger partial charge in [0.2, 0.25) is 5.52 Å². The molecule has 2 aromatic heterocycles. The van der Waals surface area contributed by atoms with Crippen LogP contribution in [0.2, 0.25) is 0 Å². The summed E-state index contributed by atoms with van der Waals surface area (Å²) in [5, 5.41) is 6.09. The normalized spacial score (nSPS) is 13.2. The van der Waals surface area contributed by atoms with Crippen molar-refractivity contribution in [3.63, 3.8) is 0 Å². The minimum absolute atomic E-state index is 0.565. The highest BCUT2D eigenvalue weighted by Crippen LogP contribution is 2.38. The van der Waals surface area contributed by atoms with Crippen LogP contribution in [-0.2, 0) is 6.73 Å². The molecule has 0 spiro atoms. The monoisotopic (exact) mass is 259 g/mol. The van der Waals surface area contributed by atoms with Crippen LogP contribution in [0, 0.1) is 0 Å². The number of hydrogen-bond donors (Lipinski definition) is 0. The van der Waals surface area contributed by atoms with Gasteiger partial charge in [-0.2, -0.15) is 4.57 Å². The summed E-state index contributed by atoms with van der Waals surface area (Å²) in [5.74, 6) is 0.970. The Bertz CT molecular complexity index is 925. The Morgan fingerprint density at radius 3 is 2.90 bits per heavy atom. The summed E-state index contributed by atoms with van der Waals surface area (Å²) >= 11 is 0. The Morgan fingerprint density at radius 2 is 1.90 bits per heavy atom. The highest BCUT2D eigenvalue weighted by molar-refractivity contribution is 6.24. The molecule has 0 radical (unpaired) electrons. The second kappa shape index (κ2) is 3.45. The second-order valence-electron chi connectivity index (χ2n) is 5.11. The van der Waals surface area contributed by atoms with Crippen molar-refractivity contribution in [1.29, 1.82) is 0 Å². The minimum Gasteiger partial charge on any atom is -0.435 e. The fraction of sp³-hybridized carbons (Fsp3) is 0.0588. The lowest BCUT2D eigenvalue weighted by molar-refractivity contribution is -0.701. The Kier molecular flexibility index (Phi) is 1.75. The van der Waals surface area contributed by atoms with Crippen LogP contribution in [0.4, 0.5) is 0 Å². The summed E-state index contributed by atoms with van der Waals surface area (Å²) < 4.78 is 8.05. The molecule has 0 amide bonds. The molecule has 3 heterocycles. The molecule has 5 rings (SSSR count). The van der Waals surface area contributed by atoms with E-state index in [0.29, 0.717) is 6.73 Å². The maximum absolute atomic E-state index is 5.88. The van der Waals surface area contributed by atoms with Crippen molar-refractivity contribution < 1.29 is 9.30 Å². The summed E-state index contributed by atoms with van der Waals surface area (Å²) in [6.45, 7) is 0.565. The van der Waals surface area contributed by atoms with Crippen molar-refractivity contribution in [2.45, 2.75) is 6.73 Å². The van der Waals surface area contributed by atoms with E-state index in [1.807, 2.05) is 18.5 Å². The van der Waals surface area contributed by atoms with Gasteiger partial charge in [-0.25, -0.2) is 0 Å². The fourth-order valence-corrected chi connectivity index (χ4v) is 3.26. The summed E-state index contributed by atoms with van der Waals surface area (Å²) in [7, 11) is 0. The molecule has 4 aromatic rings. The van der Waals surface area contributed by atoms with E-state index in [1.165, 1.54) is 32.4 Å². The van der Waals surface area contributed by atoms with Crippen LogP contribution in [0.3, 0.4) is 0 Å². The first-order valence-corrected chi connectivity index (χ1v) is 6.67. The number of benzene rings is 2. The molecule has 1 aliphatic heterocycles. The summed E-state index contributed by atoms with van der Waals surface area (Å²) in [6, 6.07) is 12.6. The number of rotatable bonds is 0. The molecule has 0 bridgehead atoms. The number of pyridine rings is 2. The lowest BCUT2D eigenvalue weighted by Gasteiger charge is -2.16. The highest BCUT2D eigenvalue weighted by atomic mass is 16.5. The first-order valence-electron chi connectivity index (χ1n) is 6.67. The molecule has 0 N–H and O–H groups in total. The molecule has 0 saturated heterocycles. The Hall–Kier alpha value is -2.68. The first-order chi connectivity index (χ1) is 9.93. The van der Waals surface area contributed by atoms with E-state index in [0.717, 1.165) is 5.75 Å². The highest BCUT2D eigenvalue weighted by Gasteiger charge is 2.24. The van der Waals surface area contributed by atoms with Crippen LogP contribution in [0.5, 0.6) is 5.75 Å². The Labute approximate surface area is 115 Å². The third-order valence-corrected chi connectivity index (χ3v) is 4.09.